The predicted octanol–water partition coefficient (Wildman–Crippen LogP) is 1.41. The lowest BCUT2D eigenvalue weighted by molar-refractivity contribution is -0.0468. The molecule has 0 saturated carbocycles. The Morgan fingerprint density at radius 2 is 1.60 bits per heavy atom. The van der Waals surface area contributed by atoms with E-state index < -0.39 is 18.2 Å². The Labute approximate surface area is 116 Å². The predicted molar refractivity (Wildman–Crippen MR) is 70.4 cm³/mol. The molecule has 0 bridgehead atoms. The standard InChI is InChI=1S/C14H18O6/c15-12(16)4-2-1-3-9-20-14(19)11-7-5-10(6-8-11)13(17)18/h5-8,12,15-16H,1-4,9H2,(H,17,18). The molecule has 0 amide bonds. The minimum Gasteiger partial charge on any atom is -0.478 e. The summed E-state index contributed by atoms with van der Waals surface area (Å²) in [7, 11) is 0. The first-order chi connectivity index (χ1) is 9.50. The molecule has 0 saturated heterocycles. The lowest BCUT2D eigenvalue weighted by Crippen LogP contribution is -2.08. The number of aliphatic hydroxyl groups excluding tert-OH is 1. The van der Waals surface area contributed by atoms with E-state index in [1.54, 1.807) is 0 Å². The zero-order valence-electron chi connectivity index (χ0n) is 11.0. The van der Waals surface area contributed by atoms with E-state index in [9.17, 15) is 9.59 Å². The Morgan fingerprint density at radius 3 is 2.15 bits per heavy atom. The van der Waals surface area contributed by atoms with Gasteiger partial charge in [0.2, 0.25) is 0 Å². The minimum absolute atomic E-state index is 0.115. The monoisotopic (exact) mass is 282 g/mol. The molecule has 3 N–H and O–H groups in total. The van der Waals surface area contributed by atoms with Crippen LogP contribution in [0.25, 0.3) is 0 Å². The molecule has 1 aromatic carbocycles. The molecule has 0 radical (unpaired) electrons. The van der Waals surface area contributed by atoms with Gasteiger partial charge in [0.25, 0.3) is 0 Å². The molecule has 1 aromatic rings. The van der Waals surface area contributed by atoms with Crippen LogP contribution in [0.1, 0.15) is 46.4 Å². The van der Waals surface area contributed by atoms with Crippen molar-refractivity contribution >= 4 is 11.9 Å². The summed E-state index contributed by atoms with van der Waals surface area (Å²) in [5, 5.41) is 26.0. The number of rotatable bonds is 8. The summed E-state index contributed by atoms with van der Waals surface area (Å²) in [6.07, 6.45) is 1.06. The van der Waals surface area contributed by atoms with Crippen molar-refractivity contribution in [3.05, 3.63) is 35.4 Å². The largest absolute Gasteiger partial charge is 0.478 e. The van der Waals surface area contributed by atoms with Gasteiger partial charge in [0.1, 0.15) is 0 Å². The first-order valence-electron chi connectivity index (χ1n) is 6.37. The fourth-order valence-corrected chi connectivity index (χ4v) is 1.60. The van der Waals surface area contributed by atoms with E-state index in [0.29, 0.717) is 24.8 Å². The molecule has 0 atom stereocenters. The molecule has 0 aliphatic heterocycles. The van der Waals surface area contributed by atoms with Crippen LogP contribution in [0.4, 0.5) is 0 Å². The Kier molecular flexibility index (Phi) is 6.69. The molecule has 0 fully saturated rings. The van der Waals surface area contributed by atoms with Gasteiger partial charge in [0.05, 0.1) is 17.7 Å². The average molecular weight is 282 g/mol. The summed E-state index contributed by atoms with van der Waals surface area (Å²) < 4.78 is 5.02. The Bertz CT molecular complexity index is 437. The quantitative estimate of drug-likeness (QED) is 0.378. The molecule has 0 spiro atoms. The highest BCUT2D eigenvalue weighted by Gasteiger charge is 2.08. The van der Waals surface area contributed by atoms with Crippen LogP contribution in [0.5, 0.6) is 0 Å². The third-order valence-electron chi connectivity index (χ3n) is 2.71. The van der Waals surface area contributed by atoms with E-state index in [2.05, 4.69) is 0 Å². The number of aromatic carboxylic acids is 1. The summed E-state index contributed by atoms with van der Waals surface area (Å²) in [6, 6.07) is 5.52. The molecule has 6 nitrogen and oxygen atoms in total. The highest BCUT2D eigenvalue weighted by Crippen LogP contribution is 2.07. The first-order valence-corrected chi connectivity index (χ1v) is 6.37. The molecule has 0 aliphatic rings. The average Bonchev–Trinajstić information content (AvgIpc) is 2.42. The van der Waals surface area contributed by atoms with Gasteiger partial charge in [-0.25, -0.2) is 9.59 Å². The minimum atomic E-state index is -1.29. The van der Waals surface area contributed by atoms with Gasteiger partial charge in [-0.05, 0) is 49.9 Å². The van der Waals surface area contributed by atoms with Crippen molar-refractivity contribution in [1.29, 1.82) is 0 Å². The smallest absolute Gasteiger partial charge is 0.338 e. The second kappa shape index (κ2) is 8.29. The Hall–Kier alpha value is -1.92. The number of benzene rings is 1. The molecule has 6 heteroatoms. The lowest BCUT2D eigenvalue weighted by Gasteiger charge is -2.06. The molecule has 110 valence electrons. The Balaban J connectivity index is 2.27. The number of carbonyl (C=O) groups is 2. The van der Waals surface area contributed by atoms with Gasteiger partial charge in [-0.3, -0.25) is 0 Å². The first kappa shape index (κ1) is 16.1. The van der Waals surface area contributed by atoms with Gasteiger partial charge in [0.15, 0.2) is 6.29 Å². The van der Waals surface area contributed by atoms with Gasteiger partial charge in [-0.2, -0.15) is 0 Å². The van der Waals surface area contributed by atoms with Crippen molar-refractivity contribution in [2.45, 2.75) is 32.0 Å². The van der Waals surface area contributed by atoms with Crippen LogP contribution in [0.3, 0.4) is 0 Å². The molecular weight excluding hydrogens is 264 g/mol. The molecule has 0 aromatic heterocycles. The van der Waals surface area contributed by atoms with Crippen LogP contribution in [0.2, 0.25) is 0 Å². The highest BCUT2D eigenvalue weighted by atomic mass is 16.5. The fourth-order valence-electron chi connectivity index (χ4n) is 1.60. The van der Waals surface area contributed by atoms with Crippen LogP contribution in [-0.2, 0) is 4.74 Å². The third-order valence-corrected chi connectivity index (χ3v) is 2.71. The Morgan fingerprint density at radius 1 is 1.00 bits per heavy atom. The topological polar surface area (TPSA) is 104 Å². The van der Waals surface area contributed by atoms with Gasteiger partial charge >= 0.3 is 11.9 Å². The molecular formula is C14H18O6. The fraction of sp³-hybridized carbons (Fsp3) is 0.429. The number of hydrogen-bond donors (Lipinski definition) is 3. The van der Waals surface area contributed by atoms with Crippen LogP contribution < -0.4 is 0 Å². The number of hydrogen-bond acceptors (Lipinski definition) is 5. The van der Waals surface area contributed by atoms with E-state index in [0.717, 1.165) is 6.42 Å². The summed E-state index contributed by atoms with van der Waals surface area (Å²) in [4.78, 5) is 22.3. The number of carboxylic acid groups (broad SMARTS) is 1. The molecule has 0 heterocycles. The summed E-state index contributed by atoms with van der Waals surface area (Å²) >= 11 is 0. The van der Waals surface area contributed by atoms with E-state index in [-0.39, 0.29) is 12.2 Å². The van der Waals surface area contributed by atoms with E-state index in [4.69, 9.17) is 20.1 Å². The number of unbranched alkanes of at least 4 members (excludes halogenated alkanes) is 2. The van der Waals surface area contributed by atoms with Crippen molar-refractivity contribution in [2.75, 3.05) is 6.61 Å². The van der Waals surface area contributed by atoms with Crippen LogP contribution >= 0.6 is 0 Å². The maximum Gasteiger partial charge on any atom is 0.338 e. The molecule has 0 unspecified atom stereocenters. The number of ether oxygens (including phenoxy) is 1. The second-order valence-corrected chi connectivity index (χ2v) is 4.35. The number of aliphatic hydroxyl groups is 2. The van der Waals surface area contributed by atoms with Crippen LogP contribution in [0.15, 0.2) is 24.3 Å². The normalized spacial score (nSPS) is 10.6. The highest BCUT2D eigenvalue weighted by molar-refractivity contribution is 5.92. The third kappa shape index (κ3) is 5.81. The summed E-state index contributed by atoms with van der Waals surface area (Å²) in [5.74, 6) is -1.54. The summed E-state index contributed by atoms with van der Waals surface area (Å²) in [6.45, 7) is 0.251. The summed E-state index contributed by atoms with van der Waals surface area (Å²) in [5.41, 5.74) is 0.421. The SMILES string of the molecule is O=C(O)c1ccc(C(=O)OCCCCCC(O)O)cc1. The van der Waals surface area contributed by atoms with Gasteiger partial charge in [-0.15, -0.1) is 0 Å². The zero-order valence-corrected chi connectivity index (χ0v) is 11.0. The van der Waals surface area contributed by atoms with Crippen molar-refractivity contribution in [3.63, 3.8) is 0 Å². The van der Waals surface area contributed by atoms with Gasteiger partial charge in [0, 0.05) is 0 Å². The second-order valence-electron chi connectivity index (χ2n) is 4.35. The van der Waals surface area contributed by atoms with E-state index in [1.165, 1.54) is 24.3 Å². The van der Waals surface area contributed by atoms with Crippen molar-refractivity contribution in [2.24, 2.45) is 0 Å². The van der Waals surface area contributed by atoms with Crippen LogP contribution in [-0.4, -0.2) is 40.2 Å². The van der Waals surface area contributed by atoms with Crippen LogP contribution in [0, 0.1) is 0 Å². The van der Waals surface area contributed by atoms with Crippen molar-refractivity contribution < 1.29 is 29.6 Å². The number of esters is 1. The van der Waals surface area contributed by atoms with E-state index in [1.807, 2.05) is 0 Å². The van der Waals surface area contributed by atoms with E-state index >= 15 is 0 Å². The number of carbonyl (C=O) groups excluding carboxylic acids is 1. The van der Waals surface area contributed by atoms with Crippen molar-refractivity contribution in [1.82, 2.24) is 0 Å². The molecule has 0 aliphatic carbocycles. The maximum absolute atomic E-state index is 11.6. The lowest BCUT2D eigenvalue weighted by atomic mass is 10.1. The molecule has 1 rings (SSSR count). The maximum atomic E-state index is 11.6. The molecule has 20 heavy (non-hydrogen) atoms. The number of carboxylic acids is 1. The van der Waals surface area contributed by atoms with Gasteiger partial charge < -0.3 is 20.1 Å². The zero-order chi connectivity index (χ0) is 15.0. The van der Waals surface area contributed by atoms with Gasteiger partial charge in [-0.1, -0.05) is 0 Å². The van der Waals surface area contributed by atoms with Crippen molar-refractivity contribution in [3.8, 4) is 0 Å².